The van der Waals surface area contributed by atoms with Crippen molar-refractivity contribution in [2.45, 2.75) is 13.3 Å². The summed E-state index contributed by atoms with van der Waals surface area (Å²) in [5, 5.41) is 4.28. The van der Waals surface area contributed by atoms with Gasteiger partial charge >= 0.3 is 0 Å². The van der Waals surface area contributed by atoms with E-state index in [9.17, 15) is 0 Å². The van der Waals surface area contributed by atoms with Crippen LogP contribution >= 0.6 is 0 Å². The maximum Gasteiger partial charge on any atom is 0.114 e. The van der Waals surface area contributed by atoms with Crippen LogP contribution in [0.3, 0.4) is 0 Å². The number of imidazole rings is 1. The van der Waals surface area contributed by atoms with E-state index < -0.39 is 6.04 Å². The lowest BCUT2D eigenvalue weighted by atomic mass is 9.89. The van der Waals surface area contributed by atoms with Crippen LogP contribution in [0.5, 0.6) is 0 Å². The number of nitrogens with zero attached hydrogens (tertiary/aromatic N) is 2. The molecule has 0 atom stereocenters. The van der Waals surface area contributed by atoms with Crippen molar-refractivity contribution in [1.29, 1.82) is 0 Å². The Morgan fingerprint density at radius 2 is 1.27 bits per heavy atom. The van der Waals surface area contributed by atoms with Crippen molar-refractivity contribution in [2.75, 3.05) is 0 Å². The van der Waals surface area contributed by atoms with E-state index in [0.717, 1.165) is 61.6 Å². The maximum absolute atomic E-state index is 8.54. The lowest BCUT2D eigenvalue weighted by Crippen LogP contribution is -2.03. The summed E-state index contributed by atoms with van der Waals surface area (Å²) >= 11 is 0. The Morgan fingerprint density at radius 1 is 0.649 bits per heavy atom. The molecule has 2 nitrogen and oxygen atoms in total. The van der Waals surface area contributed by atoms with E-state index in [-0.39, 0.29) is 29.7 Å². The monoisotopic (exact) mass is 479 g/mol. The Balaban J connectivity index is 1.58. The predicted octanol–water partition coefficient (Wildman–Crippen LogP) is 9.23. The molecule has 0 unspecified atom stereocenters. The van der Waals surface area contributed by atoms with Gasteiger partial charge in [-0.3, -0.25) is 4.57 Å². The maximum atomic E-state index is 8.54. The number of para-hydroxylation sites is 2. The van der Waals surface area contributed by atoms with Crippen LogP contribution in [0.4, 0.5) is 0 Å². The Kier molecular flexibility index (Phi) is 4.00. The molecule has 1 aromatic heterocycles. The molecule has 0 fully saturated rings. The molecule has 0 saturated heterocycles. The minimum Gasteiger partial charge on any atom is -0.295 e. The number of aryl methyl sites for hydroxylation is 1. The third kappa shape index (κ3) is 3.45. The molecule has 0 aliphatic heterocycles. The average molecular weight is 480 g/mol. The van der Waals surface area contributed by atoms with Crippen molar-refractivity contribution >= 4 is 32.6 Å². The number of rotatable bonds is 4. The minimum atomic E-state index is -0.393. The SMILES string of the molecule is [2H]c1c([2H])c([2H])c(-c2cccc(-c3c4ccccc4c(-n4c(CC)nc5ccccc54)c4ccccc34)c2)c([2H])c1[2H]. The zero-order valence-corrected chi connectivity index (χ0v) is 20.3. The molecule has 37 heavy (non-hydrogen) atoms. The predicted molar refractivity (Wildman–Crippen MR) is 156 cm³/mol. The summed E-state index contributed by atoms with van der Waals surface area (Å²) < 4.78 is 43.8. The highest BCUT2D eigenvalue weighted by Crippen LogP contribution is 2.42. The van der Waals surface area contributed by atoms with Crippen LogP contribution in [0.15, 0.2) is 127 Å². The Bertz CT molecular complexity index is 2110. The molecule has 2 heteroatoms. The summed E-state index contributed by atoms with van der Waals surface area (Å²) in [5.41, 5.74) is 5.81. The van der Waals surface area contributed by atoms with Crippen LogP contribution in [-0.2, 0) is 6.42 Å². The zero-order valence-electron chi connectivity index (χ0n) is 25.3. The van der Waals surface area contributed by atoms with E-state index in [1.54, 1.807) is 6.07 Å². The number of hydrogen-bond acceptors (Lipinski definition) is 1. The molecule has 0 radical (unpaired) electrons. The number of benzene rings is 6. The van der Waals surface area contributed by atoms with Crippen LogP contribution in [0.25, 0.3) is 60.5 Å². The molecular weight excluding hydrogens is 448 g/mol. The van der Waals surface area contributed by atoms with Gasteiger partial charge in [0.15, 0.2) is 0 Å². The molecule has 0 N–H and O–H groups in total. The quantitative estimate of drug-likeness (QED) is 0.230. The fourth-order valence-corrected chi connectivity index (χ4v) is 5.44. The molecular formula is C35H26N2. The summed E-state index contributed by atoms with van der Waals surface area (Å²) in [7, 11) is 0. The van der Waals surface area contributed by atoms with Gasteiger partial charge in [-0.2, -0.15) is 0 Å². The Labute approximate surface area is 223 Å². The van der Waals surface area contributed by atoms with Crippen LogP contribution in [0.1, 0.15) is 19.6 Å². The van der Waals surface area contributed by atoms with E-state index in [4.69, 9.17) is 11.8 Å². The molecule has 0 bridgehead atoms. The third-order valence-electron chi connectivity index (χ3n) is 7.01. The van der Waals surface area contributed by atoms with Crippen molar-refractivity contribution in [3.63, 3.8) is 0 Å². The summed E-state index contributed by atoms with van der Waals surface area (Å²) in [4.78, 5) is 4.97. The second-order valence-corrected chi connectivity index (χ2v) is 9.10. The number of aromatic nitrogens is 2. The first-order valence-electron chi connectivity index (χ1n) is 15.0. The Hall–Kier alpha value is -4.69. The fraction of sp³-hybridized carbons (Fsp3) is 0.0571. The van der Waals surface area contributed by atoms with E-state index >= 15 is 0 Å². The van der Waals surface area contributed by atoms with Crippen LogP contribution < -0.4 is 0 Å². The first-order valence-corrected chi connectivity index (χ1v) is 12.5. The Morgan fingerprint density at radius 3 is 1.97 bits per heavy atom. The van der Waals surface area contributed by atoms with Crippen LogP contribution in [0, 0.1) is 0 Å². The van der Waals surface area contributed by atoms with Crippen LogP contribution in [0.2, 0.25) is 0 Å². The molecule has 0 aliphatic rings. The third-order valence-corrected chi connectivity index (χ3v) is 7.01. The normalized spacial score (nSPS) is 13.4. The van der Waals surface area contributed by atoms with E-state index in [1.807, 2.05) is 48.5 Å². The van der Waals surface area contributed by atoms with Gasteiger partial charge in [-0.05, 0) is 51.2 Å². The van der Waals surface area contributed by atoms with Gasteiger partial charge in [0, 0.05) is 17.2 Å². The smallest absolute Gasteiger partial charge is 0.114 e. The highest BCUT2D eigenvalue weighted by Gasteiger charge is 2.20. The fourth-order valence-electron chi connectivity index (χ4n) is 5.44. The van der Waals surface area contributed by atoms with Gasteiger partial charge in [-0.1, -0.05) is 116 Å². The molecule has 0 aliphatic carbocycles. The molecule has 0 saturated carbocycles. The molecule has 7 rings (SSSR count). The second kappa shape index (κ2) is 8.76. The largest absolute Gasteiger partial charge is 0.295 e. The van der Waals surface area contributed by atoms with Crippen molar-refractivity contribution in [2.24, 2.45) is 0 Å². The van der Waals surface area contributed by atoms with Crippen LogP contribution in [-0.4, -0.2) is 9.55 Å². The molecule has 6 aromatic carbocycles. The zero-order chi connectivity index (χ0) is 29.1. The van der Waals surface area contributed by atoms with Gasteiger partial charge in [-0.25, -0.2) is 4.98 Å². The van der Waals surface area contributed by atoms with Crippen molar-refractivity contribution in [3.05, 3.63) is 133 Å². The van der Waals surface area contributed by atoms with Gasteiger partial charge < -0.3 is 0 Å². The van der Waals surface area contributed by atoms with E-state index in [1.165, 1.54) is 0 Å². The first kappa shape index (κ1) is 16.9. The number of hydrogen-bond donors (Lipinski definition) is 0. The molecule has 0 amide bonds. The van der Waals surface area contributed by atoms with Crippen molar-refractivity contribution in [3.8, 4) is 27.9 Å². The summed E-state index contributed by atoms with van der Waals surface area (Å²) in [6, 6.07) is 31.1. The highest BCUT2D eigenvalue weighted by molar-refractivity contribution is 6.18. The molecule has 176 valence electrons. The molecule has 0 spiro atoms. The van der Waals surface area contributed by atoms with Gasteiger partial charge in [0.25, 0.3) is 0 Å². The van der Waals surface area contributed by atoms with E-state index in [0.29, 0.717) is 5.56 Å². The topological polar surface area (TPSA) is 17.8 Å². The summed E-state index contributed by atoms with van der Waals surface area (Å²) in [6.45, 7) is 2.13. The minimum absolute atomic E-state index is 0.200. The summed E-state index contributed by atoms with van der Waals surface area (Å²) in [5.74, 6) is 0.988. The van der Waals surface area contributed by atoms with Gasteiger partial charge in [0.05, 0.1) is 23.6 Å². The summed E-state index contributed by atoms with van der Waals surface area (Å²) in [6.07, 6.45) is 0.777. The lowest BCUT2D eigenvalue weighted by Gasteiger charge is -2.20. The van der Waals surface area contributed by atoms with Crippen molar-refractivity contribution < 1.29 is 6.85 Å². The van der Waals surface area contributed by atoms with Gasteiger partial charge in [0.2, 0.25) is 0 Å². The van der Waals surface area contributed by atoms with E-state index in [2.05, 4.69) is 54.0 Å². The molecule has 7 aromatic rings. The average Bonchev–Trinajstić information content (AvgIpc) is 3.40. The lowest BCUT2D eigenvalue weighted by molar-refractivity contribution is 0.917. The second-order valence-electron chi connectivity index (χ2n) is 9.10. The highest BCUT2D eigenvalue weighted by atomic mass is 15.1. The van der Waals surface area contributed by atoms with Crippen molar-refractivity contribution in [1.82, 2.24) is 9.55 Å². The van der Waals surface area contributed by atoms with Gasteiger partial charge in [0.1, 0.15) is 5.82 Å². The molecule has 1 heterocycles. The standard InChI is InChI=1S/C35H26N2/c1-2-33-36-31-21-10-11-22-32(31)37(33)35-29-19-8-6-17-27(29)34(28-18-7-9-20-30(28)35)26-16-12-15-25(23-26)24-13-4-3-5-14-24/h3-23H,2H2,1H3/i3D,4D,5D,13D,14D. The van der Waals surface area contributed by atoms with Gasteiger partial charge in [-0.15, -0.1) is 0 Å². The first-order chi connectivity index (χ1) is 20.4. The number of fused-ring (bicyclic) bond motifs is 3.